The third-order valence-corrected chi connectivity index (χ3v) is 3.32. The van der Waals surface area contributed by atoms with E-state index in [4.69, 9.17) is 10.2 Å². The van der Waals surface area contributed by atoms with Gasteiger partial charge in [-0.25, -0.2) is 4.99 Å². The molecule has 1 aliphatic rings. The summed E-state index contributed by atoms with van der Waals surface area (Å²) in [6.07, 6.45) is 8.03. The standard InChI is InChI=1S/C13H21N3O/c1-10-7-8-17-12(10)9-15-13(14)16-11-5-3-2-4-6-11/h7-8,11H,2-6,9H2,1H3,(H3,14,15,16). The highest BCUT2D eigenvalue weighted by Gasteiger charge is 2.13. The van der Waals surface area contributed by atoms with E-state index in [-0.39, 0.29) is 0 Å². The molecule has 1 heterocycles. The van der Waals surface area contributed by atoms with E-state index in [1.807, 2.05) is 13.0 Å². The van der Waals surface area contributed by atoms with Crippen molar-refractivity contribution in [1.82, 2.24) is 5.32 Å². The van der Waals surface area contributed by atoms with Crippen molar-refractivity contribution in [2.24, 2.45) is 10.7 Å². The lowest BCUT2D eigenvalue weighted by Gasteiger charge is -2.23. The Morgan fingerprint density at radius 2 is 2.24 bits per heavy atom. The fraction of sp³-hybridized carbons (Fsp3) is 0.615. The summed E-state index contributed by atoms with van der Waals surface area (Å²) in [4.78, 5) is 4.31. The molecular formula is C13H21N3O. The Morgan fingerprint density at radius 3 is 2.88 bits per heavy atom. The van der Waals surface area contributed by atoms with Crippen LogP contribution in [0.1, 0.15) is 43.4 Å². The fourth-order valence-corrected chi connectivity index (χ4v) is 2.22. The summed E-state index contributed by atoms with van der Waals surface area (Å²) in [6.45, 7) is 2.53. The molecular weight excluding hydrogens is 214 g/mol. The van der Waals surface area contributed by atoms with Gasteiger partial charge >= 0.3 is 0 Å². The van der Waals surface area contributed by atoms with Gasteiger partial charge in [-0.15, -0.1) is 0 Å². The predicted octanol–water partition coefficient (Wildman–Crippen LogP) is 2.33. The van der Waals surface area contributed by atoms with Crippen LogP contribution >= 0.6 is 0 Å². The van der Waals surface area contributed by atoms with Crippen molar-refractivity contribution in [2.45, 2.75) is 51.6 Å². The van der Waals surface area contributed by atoms with Crippen LogP contribution in [0.25, 0.3) is 0 Å². The second-order valence-corrected chi connectivity index (χ2v) is 4.71. The maximum Gasteiger partial charge on any atom is 0.189 e. The number of aliphatic imine (C=N–C) groups is 1. The SMILES string of the molecule is Cc1ccoc1CN=C(N)NC1CCCCC1. The van der Waals surface area contributed by atoms with Gasteiger partial charge in [-0.3, -0.25) is 0 Å². The second-order valence-electron chi connectivity index (χ2n) is 4.71. The number of furan rings is 1. The van der Waals surface area contributed by atoms with Gasteiger partial charge in [0, 0.05) is 6.04 Å². The number of aryl methyl sites for hydroxylation is 1. The minimum atomic E-state index is 0.505. The Balaban J connectivity index is 1.82. The van der Waals surface area contributed by atoms with E-state index in [9.17, 15) is 0 Å². The molecule has 0 amide bonds. The van der Waals surface area contributed by atoms with Crippen LogP contribution in [0.5, 0.6) is 0 Å². The molecule has 0 aliphatic heterocycles. The van der Waals surface area contributed by atoms with E-state index in [1.165, 1.54) is 32.1 Å². The summed E-state index contributed by atoms with van der Waals surface area (Å²) >= 11 is 0. The molecule has 94 valence electrons. The van der Waals surface area contributed by atoms with Crippen molar-refractivity contribution in [3.05, 3.63) is 23.7 Å². The maximum absolute atomic E-state index is 5.87. The number of nitrogens with one attached hydrogen (secondary N) is 1. The van der Waals surface area contributed by atoms with Crippen LogP contribution in [0.2, 0.25) is 0 Å². The van der Waals surface area contributed by atoms with Crippen LogP contribution in [0.4, 0.5) is 0 Å². The highest BCUT2D eigenvalue weighted by molar-refractivity contribution is 5.78. The summed E-state index contributed by atoms with van der Waals surface area (Å²) in [7, 11) is 0. The summed E-state index contributed by atoms with van der Waals surface area (Å²) < 4.78 is 5.31. The van der Waals surface area contributed by atoms with Gasteiger partial charge < -0.3 is 15.5 Å². The van der Waals surface area contributed by atoms with E-state index in [1.54, 1.807) is 6.26 Å². The van der Waals surface area contributed by atoms with E-state index < -0.39 is 0 Å². The van der Waals surface area contributed by atoms with Crippen LogP contribution in [0.15, 0.2) is 21.7 Å². The zero-order valence-corrected chi connectivity index (χ0v) is 10.4. The predicted molar refractivity (Wildman–Crippen MR) is 68.8 cm³/mol. The minimum Gasteiger partial charge on any atom is -0.467 e. The van der Waals surface area contributed by atoms with Crippen LogP contribution < -0.4 is 11.1 Å². The van der Waals surface area contributed by atoms with Gasteiger partial charge in [0.1, 0.15) is 12.3 Å². The first-order chi connectivity index (χ1) is 8.25. The molecule has 1 aromatic heterocycles. The smallest absolute Gasteiger partial charge is 0.189 e. The van der Waals surface area contributed by atoms with Crippen LogP contribution in [0, 0.1) is 6.92 Å². The number of guanidine groups is 1. The van der Waals surface area contributed by atoms with E-state index in [0.29, 0.717) is 18.5 Å². The Bertz CT molecular complexity index is 378. The molecule has 0 saturated heterocycles. The van der Waals surface area contributed by atoms with Gasteiger partial charge in [0.2, 0.25) is 0 Å². The first-order valence-corrected chi connectivity index (χ1v) is 6.35. The highest BCUT2D eigenvalue weighted by Crippen LogP contribution is 2.17. The molecule has 2 rings (SSSR count). The summed E-state index contributed by atoms with van der Waals surface area (Å²) in [5, 5.41) is 3.29. The molecule has 4 heteroatoms. The van der Waals surface area contributed by atoms with Crippen molar-refractivity contribution < 1.29 is 4.42 Å². The van der Waals surface area contributed by atoms with E-state index in [0.717, 1.165) is 11.3 Å². The Hall–Kier alpha value is -1.45. The van der Waals surface area contributed by atoms with Crippen LogP contribution in [-0.2, 0) is 6.54 Å². The molecule has 1 aliphatic carbocycles. The molecule has 1 fully saturated rings. The summed E-state index contributed by atoms with van der Waals surface area (Å²) in [5.74, 6) is 1.42. The van der Waals surface area contributed by atoms with Gasteiger partial charge in [-0.1, -0.05) is 19.3 Å². The van der Waals surface area contributed by atoms with E-state index in [2.05, 4.69) is 10.3 Å². The van der Waals surface area contributed by atoms with Crippen LogP contribution in [0.3, 0.4) is 0 Å². The average Bonchev–Trinajstić information content (AvgIpc) is 2.74. The maximum atomic E-state index is 5.87. The normalized spacial score (nSPS) is 18.3. The topological polar surface area (TPSA) is 63.5 Å². The average molecular weight is 235 g/mol. The number of nitrogens with two attached hydrogens (primary N) is 1. The first-order valence-electron chi connectivity index (χ1n) is 6.35. The van der Waals surface area contributed by atoms with Crippen LogP contribution in [-0.4, -0.2) is 12.0 Å². The molecule has 0 bridgehead atoms. The number of hydrogen-bond acceptors (Lipinski definition) is 2. The van der Waals surface area contributed by atoms with E-state index >= 15 is 0 Å². The van der Waals surface area contributed by atoms with Gasteiger partial charge in [0.25, 0.3) is 0 Å². The van der Waals surface area contributed by atoms with Gasteiger partial charge in [0.05, 0.1) is 6.26 Å². The van der Waals surface area contributed by atoms with Crippen molar-refractivity contribution in [3.8, 4) is 0 Å². The molecule has 0 aromatic carbocycles. The third kappa shape index (κ3) is 3.51. The van der Waals surface area contributed by atoms with Crippen molar-refractivity contribution in [1.29, 1.82) is 0 Å². The molecule has 1 aromatic rings. The lowest BCUT2D eigenvalue weighted by molar-refractivity contribution is 0.412. The molecule has 0 radical (unpaired) electrons. The number of hydrogen-bond donors (Lipinski definition) is 2. The van der Waals surface area contributed by atoms with Crippen molar-refractivity contribution in [2.75, 3.05) is 0 Å². The zero-order chi connectivity index (χ0) is 12.1. The quantitative estimate of drug-likeness (QED) is 0.624. The number of rotatable bonds is 3. The molecule has 3 N–H and O–H groups in total. The largest absolute Gasteiger partial charge is 0.467 e. The molecule has 0 spiro atoms. The van der Waals surface area contributed by atoms with Gasteiger partial charge in [-0.05, 0) is 31.4 Å². The molecule has 17 heavy (non-hydrogen) atoms. The monoisotopic (exact) mass is 235 g/mol. The Labute approximate surface area is 102 Å². The minimum absolute atomic E-state index is 0.505. The molecule has 1 saturated carbocycles. The lowest BCUT2D eigenvalue weighted by Crippen LogP contribution is -2.41. The Kier molecular flexibility index (Phi) is 4.07. The molecule has 0 atom stereocenters. The Morgan fingerprint density at radius 1 is 1.47 bits per heavy atom. The molecule has 0 unspecified atom stereocenters. The van der Waals surface area contributed by atoms with Crippen molar-refractivity contribution in [3.63, 3.8) is 0 Å². The zero-order valence-electron chi connectivity index (χ0n) is 10.4. The second kappa shape index (κ2) is 5.75. The molecule has 4 nitrogen and oxygen atoms in total. The highest BCUT2D eigenvalue weighted by atomic mass is 16.3. The first kappa shape index (κ1) is 12.0. The van der Waals surface area contributed by atoms with Gasteiger partial charge in [-0.2, -0.15) is 0 Å². The fourth-order valence-electron chi connectivity index (χ4n) is 2.22. The number of nitrogens with zero attached hydrogens (tertiary/aromatic N) is 1. The summed E-state index contributed by atoms with van der Waals surface area (Å²) in [6, 6.07) is 2.44. The lowest BCUT2D eigenvalue weighted by atomic mass is 9.96. The summed E-state index contributed by atoms with van der Waals surface area (Å²) in [5.41, 5.74) is 6.99. The third-order valence-electron chi connectivity index (χ3n) is 3.32. The van der Waals surface area contributed by atoms with Gasteiger partial charge in [0.15, 0.2) is 5.96 Å². The van der Waals surface area contributed by atoms with Crippen molar-refractivity contribution >= 4 is 5.96 Å².